The van der Waals surface area contributed by atoms with Gasteiger partial charge in [0.1, 0.15) is 5.82 Å². The van der Waals surface area contributed by atoms with E-state index in [4.69, 9.17) is 16.3 Å². The van der Waals surface area contributed by atoms with Crippen molar-refractivity contribution in [2.75, 3.05) is 12.4 Å². The smallest absolute Gasteiger partial charge is 0.228 e. The molecule has 0 aromatic carbocycles. The molecule has 1 aromatic rings. The molecule has 0 saturated heterocycles. The fraction of sp³-hybridized carbons (Fsp3) is 0.500. The molecule has 1 amide bonds. The first-order valence-electron chi connectivity index (χ1n) is 4.76. The lowest BCUT2D eigenvalue weighted by Gasteiger charge is -2.21. The number of methoxy groups -OCH3 is 1. The Morgan fingerprint density at radius 3 is 2.88 bits per heavy atom. The second kappa shape index (κ2) is 5.23. The van der Waals surface area contributed by atoms with Gasteiger partial charge in [-0.2, -0.15) is 0 Å². The fourth-order valence-corrected chi connectivity index (χ4v) is 1.20. The molecule has 6 heteroatoms. The lowest BCUT2D eigenvalue weighted by Crippen LogP contribution is -2.29. The number of rotatable bonds is 4. The third-order valence-electron chi connectivity index (χ3n) is 2.03. The Bertz CT molecular complexity index is 382. The maximum absolute atomic E-state index is 11.6. The number of hydrogen-bond donors (Lipinski definition) is 1. The summed E-state index contributed by atoms with van der Waals surface area (Å²) in [5.41, 5.74) is -0.499. The minimum Gasteiger partial charge on any atom is -0.378 e. The van der Waals surface area contributed by atoms with E-state index in [1.165, 1.54) is 6.20 Å². The van der Waals surface area contributed by atoms with Crippen molar-refractivity contribution < 1.29 is 9.53 Å². The summed E-state index contributed by atoms with van der Waals surface area (Å²) in [4.78, 5) is 19.2. The predicted octanol–water partition coefficient (Wildman–Crippen LogP) is 1.88. The van der Waals surface area contributed by atoms with Crippen LogP contribution in [0.2, 0.25) is 5.28 Å². The number of amides is 1. The Kier molecular flexibility index (Phi) is 4.20. The predicted molar refractivity (Wildman–Crippen MR) is 61.4 cm³/mol. The van der Waals surface area contributed by atoms with Crippen molar-refractivity contribution in [1.29, 1.82) is 0 Å². The zero-order valence-corrected chi connectivity index (χ0v) is 10.2. The highest BCUT2D eigenvalue weighted by Crippen LogP contribution is 2.14. The summed E-state index contributed by atoms with van der Waals surface area (Å²) in [5.74, 6) is 0.207. The van der Waals surface area contributed by atoms with Gasteiger partial charge in [-0.05, 0) is 31.5 Å². The first kappa shape index (κ1) is 12.9. The van der Waals surface area contributed by atoms with E-state index in [0.717, 1.165) is 0 Å². The Morgan fingerprint density at radius 2 is 2.31 bits per heavy atom. The van der Waals surface area contributed by atoms with Crippen molar-refractivity contribution in [3.63, 3.8) is 0 Å². The summed E-state index contributed by atoms with van der Waals surface area (Å²) in [6, 6.07) is 1.57. The molecule has 0 aliphatic heterocycles. The summed E-state index contributed by atoms with van der Waals surface area (Å²) in [6.45, 7) is 3.67. The van der Waals surface area contributed by atoms with Crippen molar-refractivity contribution in [2.45, 2.75) is 25.9 Å². The van der Waals surface area contributed by atoms with E-state index >= 15 is 0 Å². The number of carbonyl (C=O) groups excluding carboxylic acids is 1. The molecular formula is C10H14ClN3O2. The summed E-state index contributed by atoms with van der Waals surface area (Å²) >= 11 is 5.59. The summed E-state index contributed by atoms with van der Waals surface area (Å²) in [5, 5.41) is 2.72. The van der Waals surface area contributed by atoms with Gasteiger partial charge in [-0.15, -0.1) is 0 Å². The average Bonchev–Trinajstić information content (AvgIpc) is 2.16. The minimum atomic E-state index is -0.499. The highest BCUT2D eigenvalue weighted by Gasteiger charge is 2.21. The van der Waals surface area contributed by atoms with E-state index in [2.05, 4.69) is 15.3 Å². The number of carbonyl (C=O) groups is 1. The number of aromatic nitrogens is 2. The molecule has 0 aliphatic rings. The van der Waals surface area contributed by atoms with Crippen LogP contribution in [0.25, 0.3) is 0 Å². The first-order chi connectivity index (χ1) is 7.43. The second-order valence-corrected chi connectivity index (χ2v) is 4.24. The van der Waals surface area contributed by atoms with Crippen molar-refractivity contribution in [3.05, 3.63) is 17.5 Å². The van der Waals surface area contributed by atoms with Crippen LogP contribution in [0.4, 0.5) is 5.82 Å². The lowest BCUT2D eigenvalue weighted by atomic mass is 10.1. The molecular weight excluding hydrogens is 230 g/mol. The van der Waals surface area contributed by atoms with Gasteiger partial charge >= 0.3 is 0 Å². The van der Waals surface area contributed by atoms with Crippen LogP contribution in [0.1, 0.15) is 20.3 Å². The van der Waals surface area contributed by atoms with Crippen LogP contribution in [-0.4, -0.2) is 28.6 Å². The molecule has 1 heterocycles. The van der Waals surface area contributed by atoms with Crippen LogP contribution in [0.5, 0.6) is 0 Å². The van der Waals surface area contributed by atoms with Crippen LogP contribution in [-0.2, 0) is 9.53 Å². The molecule has 0 aliphatic carbocycles. The van der Waals surface area contributed by atoms with Gasteiger partial charge in [0.05, 0.1) is 12.0 Å². The minimum absolute atomic E-state index is 0.101. The van der Waals surface area contributed by atoms with E-state index < -0.39 is 5.60 Å². The van der Waals surface area contributed by atoms with Crippen molar-refractivity contribution in [3.8, 4) is 0 Å². The Hall–Kier alpha value is -1.20. The summed E-state index contributed by atoms with van der Waals surface area (Å²) in [7, 11) is 1.56. The highest BCUT2D eigenvalue weighted by molar-refractivity contribution is 6.28. The molecule has 16 heavy (non-hydrogen) atoms. The number of halogens is 1. The monoisotopic (exact) mass is 243 g/mol. The SMILES string of the molecule is COC(C)(C)CC(=O)Nc1ccnc(Cl)n1. The van der Waals surface area contributed by atoms with Crippen LogP contribution >= 0.6 is 11.6 Å². The molecule has 1 aromatic heterocycles. The van der Waals surface area contributed by atoms with E-state index in [1.807, 2.05) is 13.8 Å². The van der Waals surface area contributed by atoms with Gasteiger partial charge in [-0.25, -0.2) is 9.97 Å². The average molecular weight is 244 g/mol. The molecule has 1 N–H and O–H groups in total. The van der Waals surface area contributed by atoms with Gasteiger partial charge in [0.2, 0.25) is 11.2 Å². The highest BCUT2D eigenvalue weighted by atomic mass is 35.5. The molecule has 0 fully saturated rings. The normalized spacial score (nSPS) is 11.2. The van der Waals surface area contributed by atoms with Gasteiger partial charge < -0.3 is 10.1 Å². The number of hydrogen-bond acceptors (Lipinski definition) is 4. The van der Waals surface area contributed by atoms with Crippen LogP contribution < -0.4 is 5.32 Å². The van der Waals surface area contributed by atoms with Gasteiger partial charge in [0.25, 0.3) is 0 Å². The molecule has 5 nitrogen and oxygen atoms in total. The molecule has 0 atom stereocenters. The second-order valence-electron chi connectivity index (χ2n) is 3.90. The van der Waals surface area contributed by atoms with E-state index in [9.17, 15) is 4.79 Å². The topological polar surface area (TPSA) is 64.1 Å². The van der Waals surface area contributed by atoms with Gasteiger partial charge in [0, 0.05) is 13.3 Å². The lowest BCUT2D eigenvalue weighted by molar-refractivity contribution is -0.121. The van der Waals surface area contributed by atoms with Gasteiger partial charge in [-0.3, -0.25) is 4.79 Å². The Morgan fingerprint density at radius 1 is 1.62 bits per heavy atom. The zero-order chi connectivity index (χ0) is 12.2. The van der Waals surface area contributed by atoms with Crippen LogP contribution in [0.3, 0.4) is 0 Å². The third kappa shape index (κ3) is 4.12. The molecule has 1 rings (SSSR count). The fourth-order valence-electron chi connectivity index (χ4n) is 1.05. The number of nitrogens with zero attached hydrogens (tertiary/aromatic N) is 2. The number of ether oxygens (including phenoxy) is 1. The van der Waals surface area contributed by atoms with Crippen LogP contribution in [0, 0.1) is 0 Å². The van der Waals surface area contributed by atoms with Crippen LogP contribution in [0.15, 0.2) is 12.3 Å². The number of nitrogens with one attached hydrogen (secondary N) is 1. The van der Waals surface area contributed by atoms with Crippen molar-refractivity contribution in [2.24, 2.45) is 0 Å². The molecule has 0 saturated carbocycles. The largest absolute Gasteiger partial charge is 0.378 e. The molecule has 0 bridgehead atoms. The van der Waals surface area contributed by atoms with Crippen molar-refractivity contribution >= 4 is 23.3 Å². The van der Waals surface area contributed by atoms with Crippen molar-refractivity contribution in [1.82, 2.24) is 9.97 Å². The van der Waals surface area contributed by atoms with Gasteiger partial charge in [0.15, 0.2) is 0 Å². The van der Waals surface area contributed by atoms with E-state index in [-0.39, 0.29) is 17.6 Å². The molecule has 0 radical (unpaired) electrons. The maximum atomic E-state index is 11.6. The summed E-state index contributed by atoms with van der Waals surface area (Å²) in [6.07, 6.45) is 1.72. The molecule has 88 valence electrons. The standard InChI is InChI=1S/C10H14ClN3O2/c1-10(2,16-3)6-8(15)13-7-4-5-12-9(11)14-7/h4-5H,6H2,1-3H3,(H,12,13,14,15). The summed E-state index contributed by atoms with van der Waals surface area (Å²) < 4.78 is 5.15. The Labute approximate surface area is 99.2 Å². The molecule has 0 spiro atoms. The maximum Gasteiger partial charge on any atom is 0.228 e. The Balaban J connectivity index is 2.59. The zero-order valence-electron chi connectivity index (χ0n) is 9.45. The van der Waals surface area contributed by atoms with Gasteiger partial charge in [-0.1, -0.05) is 0 Å². The quantitative estimate of drug-likeness (QED) is 0.821. The number of anilines is 1. The van der Waals surface area contributed by atoms with E-state index in [1.54, 1.807) is 13.2 Å². The first-order valence-corrected chi connectivity index (χ1v) is 5.14. The molecule has 0 unspecified atom stereocenters. The van der Waals surface area contributed by atoms with E-state index in [0.29, 0.717) is 5.82 Å². The third-order valence-corrected chi connectivity index (χ3v) is 2.21.